The van der Waals surface area contributed by atoms with Gasteiger partial charge in [-0.25, -0.2) is 39.3 Å². The van der Waals surface area contributed by atoms with E-state index in [9.17, 15) is 4.39 Å². The number of pyridine rings is 2. The summed E-state index contributed by atoms with van der Waals surface area (Å²) in [6.45, 7) is 6.02. The van der Waals surface area contributed by atoms with Gasteiger partial charge in [0.25, 0.3) is 0 Å². The highest BCUT2D eigenvalue weighted by Gasteiger charge is 2.44. The van der Waals surface area contributed by atoms with Gasteiger partial charge in [-0.2, -0.15) is 4.39 Å². The molecular weight excluding hydrogens is 818 g/mol. The Balaban J connectivity index is 0.000000141. The van der Waals surface area contributed by atoms with Crippen LogP contribution in [0.1, 0.15) is 51.4 Å². The molecule has 0 unspecified atom stereocenters. The maximum absolute atomic E-state index is 12.4. The first kappa shape index (κ1) is 42.3. The summed E-state index contributed by atoms with van der Waals surface area (Å²) in [6, 6.07) is 6.85. The average molecular weight is 870 g/mol. The third-order valence-corrected chi connectivity index (χ3v) is 12.6. The summed E-state index contributed by atoms with van der Waals surface area (Å²) in [5, 5.41) is 19.8. The standard InChI is InChI=1S/C21H25ClN8.C14H21ClN4.C7H5FN4/c22-17-12-25-21(26-13-17)29-8-4-15(5-9-29)19-11-16(19)3-6-23-20-2-1-18(14-24-20)30-10-7-27-28-30;15-12-8-17-14(18-9-12)19-5-2-10(3-6-19)13-7-11(13)1-4-16;8-7-2-1-6(5-9-7)12-4-3-10-11-12/h1-2,7,10,12-16,19H,3-6,8-9,11H2,(H,23,24);8-11,13H,1-7,16H2;1-5H/t16-,19-;11-,13-;/m11./s1. The number of hydrogen-bond donors (Lipinski definition) is 2. The van der Waals surface area contributed by atoms with Crippen LogP contribution >= 0.6 is 23.2 Å². The van der Waals surface area contributed by atoms with Crippen LogP contribution in [0.15, 0.2) is 86.2 Å². The number of nitrogens with one attached hydrogen (secondary N) is 1. The molecule has 2 aliphatic carbocycles. The Labute approximate surface area is 364 Å². The molecule has 4 fully saturated rings. The van der Waals surface area contributed by atoms with Gasteiger partial charge in [-0.15, -0.1) is 10.2 Å². The van der Waals surface area contributed by atoms with Crippen LogP contribution in [-0.4, -0.2) is 99.2 Å². The maximum atomic E-state index is 12.4. The lowest BCUT2D eigenvalue weighted by Gasteiger charge is -2.32. The SMILES string of the molecule is Clc1cnc(N2CCC([C@H]3C[C@H]3CCNc3ccc(-n4ccnn4)cn3)CC2)nc1.Fc1ccc(-n2ccnn2)cn1.NCC[C@@H]1C[C@@H]1C1CCN(c2ncc(Cl)cn2)CC1. The van der Waals surface area contributed by atoms with E-state index in [1.807, 2.05) is 24.5 Å². The Bertz CT molecular complexity index is 2180. The Morgan fingerprint density at radius 2 is 1.11 bits per heavy atom. The molecule has 10 rings (SSSR count). The van der Waals surface area contributed by atoms with Crippen LogP contribution in [0.2, 0.25) is 10.0 Å². The summed E-state index contributed by atoms with van der Waals surface area (Å²) in [5.74, 6) is 7.32. The van der Waals surface area contributed by atoms with Crippen molar-refractivity contribution in [1.82, 2.24) is 59.9 Å². The van der Waals surface area contributed by atoms with Crippen molar-refractivity contribution in [3.63, 3.8) is 0 Å². The largest absolute Gasteiger partial charge is 0.370 e. The van der Waals surface area contributed by atoms with Crippen LogP contribution in [0.4, 0.5) is 22.1 Å². The van der Waals surface area contributed by atoms with Crippen molar-refractivity contribution in [2.45, 2.75) is 51.4 Å². The van der Waals surface area contributed by atoms with Crippen molar-refractivity contribution in [2.75, 3.05) is 54.4 Å². The highest BCUT2D eigenvalue weighted by molar-refractivity contribution is 6.30. The highest BCUT2D eigenvalue weighted by Crippen LogP contribution is 2.50. The number of anilines is 3. The average Bonchev–Trinajstić information content (AvgIpc) is 4.07. The second kappa shape index (κ2) is 20.4. The molecule has 4 aliphatic rings. The van der Waals surface area contributed by atoms with Crippen LogP contribution in [0.25, 0.3) is 11.4 Å². The lowest BCUT2D eigenvalue weighted by molar-refractivity contribution is 0.342. The Morgan fingerprint density at radius 3 is 1.54 bits per heavy atom. The van der Waals surface area contributed by atoms with E-state index < -0.39 is 5.95 Å². The van der Waals surface area contributed by atoms with Gasteiger partial charge in [0.15, 0.2) is 0 Å². The van der Waals surface area contributed by atoms with Crippen LogP contribution in [0.5, 0.6) is 0 Å². The molecule has 3 N–H and O–H groups in total. The number of halogens is 3. The van der Waals surface area contributed by atoms with E-state index in [0.29, 0.717) is 15.7 Å². The van der Waals surface area contributed by atoms with Gasteiger partial charge < -0.3 is 20.9 Å². The van der Waals surface area contributed by atoms with Gasteiger partial charge >= 0.3 is 0 Å². The molecular formula is C42H51Cl2FN16. The first-order chi connectivity index (χ1) is 29.9. The Morgan fingerprint density at radius 1 is 0.623 bits per heavy atom. The van der Waals surface area contributed by atoms with Crippen LogP contribution < -0.4 is 20.9 Å². The van der Waals surface area contributed by atoms with Crippen molar-refractivity contribution in [1.29, 1.82) is 0 Å². The summed E-state index contributed by atoms with van der Waals surface area (Å²) >= 11 is 11.7. The fraction of sp³-hybridized carbons (Fsp3) is 0.476. The molecule has 6 aromatic heterocycles. The van der Waals surface area contributed by atoms with Crippen molar-refractivity contribution in [3.05, 3.63) is 102 Å². The predicted octanol–water partition coefficient (Wildman–Crippen LogP) is 6.59. The van der Waals surface area contributed by atoms with E-state index in [1.54, 1.807) is 54.1 Å². The second-order valence-electron chi connectivity index (χ2n) is 16.1. The van der Waals surface area contributed by atoms with Gasteiger partial charge in [0.2, 0.25) is 17.8 Å². The zero-order valence-corrected chi connectivity index (χ0v) is 35.4. The zero-order chi connectivity index (χ0) is 42.0. The molecule has 4 atom stereocenters. The van der Waals surface area contributed by atoms with Crippen LogP contribution in [-0.2, 0) is 0 Å². The molecule has 0 aromatic carbocycles. The molecule has 0 bridgehead atoms. The molecule has 8 heterocycles. The van der Waals surface area contributed by atoms with Crippen molar-refractivity contribution < 1.29 is 4.39 Å². The molecule has 2 saturated carbocycles. The van der Waals surface area contributed by atoms with Gasteiger partial charge in [-0.3, -0.25) is 0 Å². The minimum atomic E-state index is -0.501. The molecule has 16 nitrogen and oxygen atoms in total. The molecule has 61 heavy (non-hydrogen) atoms. The van der Waals surface area contributed by atoms with E-state index in [1.165, 1.54) is 68.3 Å². The predicted molar refractivity (Wildman–Crippen MR) is 232 cm³/mol. The molecule has 2 aliphatic heterocycles. The number of nitrogens with two attached hydrogens (primary N) is 1. The number of rotatable bonds is 12. The normalized spacial score (nSPS) is 21.2. The van der Waals surface area contributed by atoms with E-state index in [0.717, 1.165) is 98.2 Å². The minimum Gasteiger partial charge on any atom is -0.370 e. The highest BCUT2D eigenvalue weighted by atomic mass is 35.5. The lowest BCUT2D eigenvalue weighted by Crippen LogP contribution is -2.35. The monoisotopic (exact) mass is 868 g/mol. The van der Waals surface area contributed by atoms with E-state index in [4.69, 9.17) is 28.9 Å². The van der Waals surface area contributed by atoms with E-state index >= 15 is 0 Å². The summed E-state index contributed by atoms with van der Waals surface area (Å²) in [7, 11) is 0. The number of aromatic nitrogens is 12. The maximum Gasteiger partial charge on any atom is 0.225 e. The van der Waals surface area contributed by atoms with Gasteiger partial charge in [0.1, 0.15) is 5.82 Å². The third kappa shape index (κ3) is 11.7. The molecule has 6 aromatic rings. The fourth-order valence-electron chi connectivity index (χ4n) is 8.77. The first-order valence-corrected chi connectivity index (χ1v) is 21.9. The molecule has 0 radical (unpaired) electrons. The quantitative estimate of drug-likeness (QED) is 0.126. The first-order valence-electron chi connectivity index (χ1n) is 21.1. The van der Waals surface area contributed by atoms with Gasteiger partial charge in [-0.05, 0) is 118 Å². The van der Waals surface area contributed by atoms with Gasteiger partial charge in [-0.1, -0.05) is 33.6 Å². The fourth-order valence-corrected chi connectivity index (χ4v) is 8.97. The van der Waals surface area contributed by atoms with Crippen molar-refractivity contribution in [2.24, 2.45) is 41.2 Å². The number of hydrogen-bond acceptors (Lipinski definition) is 14. The topological polar surface area (TPSA) is 183 Å². The summed E-state index contributed by atoms with van der Waals surface area (Å²) in [5.41, 5.74) is 7.24. The van der Waals surface area contributed by atoms with Crippen molar-refractivity contribution >= 4 is 40.9 Å². The van der Waals surface area contributed by atoms with E-state index in [-0.39, 0.29) is 0 Å². The van der Waals surface area contributed by atoms with Crippen LogP contribution in [0, 0.1) is 41.5 Å². The second-order valence-corrected chi connectivity index (χ2v) is 17.0. The summed E-state index contributed by atoms with van der Waals surface area (Å²) < 4.78 is 15.6. The zero-order valence-electron chi connectivity index (χ0n) is 33.9. The molecule has 0 amide bonds. The summed E-state index contributed by atoms with van der Waals surface area (Å²) in [6.07, 6.45) is 26.8. The molecule has 19 heteroatoms. The van der Waals surface area contributed by atoms with Crippen molar-refractivity contribution in [3.8, 4) is 11.4 Å². The Kier molecular flexibility index (Phi) is 14.2. The summed E-state index contributed by atoms with van der Waals surface area (Å²) in [4.78, 5) is 29.8. The van der Waals surface area contributed by atoms with Gasteiger partial charge in [0.05, 0.1) is 83.4 Å². The molecule has 2 saturated heterocycles. The molecule has 320 valence electrons. The minimum absolute atomic E-state index is 0.501. The Hall–Kier alpha value is -5.39. The van der Waals surface area contributed by atoms with Gasteiger partial charge in [0, 0.05) is 32.7 Å². The lowest BCUT2D eigenvalue weighted by atomic mass is 9.90. The number of nitrogens with zero attached hydrogens (tertiary/aromatic N) is 14. The number of piperidine rings is 2. The van der Waals surface area contributed by atoms with Crippen LogP contribution in [0.3, 0.4) is 0 Å². The third-order valence-electron chi connectivity index (χ3n) is 12.2. The smallest absolute Gasteiger partial charge is 0.225 e. The van der Waals surface area contributed by atoms with E-state index in [2.05, 4.69) is 65.6 Å². The molecule has 0 spiro atoms.